The van der Waals surface area contributed by atoms with Crippen molar-refractivity contribution in [2.24, 2.45) is 0 Å². The molecule has 128 valence electrons. The molecule has 6 nitrogen and oxygen atoms in total. The van der Waals surface area contributed by atoms with E-state index in [2.05, 4.69) is 0 Å². The van der Waals surface area contributed by atoms with E-state index in [0.717, 1.165) is 0 Å². The Labute approximate surface area is 141 Å². The van der Waals surface area contributed by atoms with Crippen molar-refractivity contribution in [3.63, 3.8) is 0 Å². The fourth-order valence-corrected chi connectivity index (χ4v) is 1.86. The molecule has 0 aliphatic carbocycles. The lowest BCUT2D eigenvalue weighted by molar-refractivity contribution is -0.138. The van der Waals surface area contributed by atoms with Crippen LogP contribution in [-0.4, -0.2) is 25.2 Å². The van der Waals surface area contributed by atoms with Crippen molar-refractivity contribution in [3.05, 3.63) is 29.3 Å². The van der Waals surface area contributed by atoms with E-state index < -0.39 is 5.97 Å². The van der Waals surface area contributed by atoms with Crippen LogP contribution in [0.5, 0.6) is 11.5 Å². The van der Waals surface area contributed by atoms with Crippen LogP contribution in [0, 0.1) is 11.3 Å². The molecule has 0 bridgehead atoms. The van der Waals surface area contributed by atoms with Crippen molar-refractivity contribution < 1.29 is 23.8 Å². The molecule has 24 heavy (non-hydrogen) atoms. The van der Waals surface area contributed by atoms with Gasteiger partial charge in [0.2, 0.25) is 0 Å². The minimum Gasteiger partial charge on any atom is -0.490 e. The van der Waals surface area contributed by atoms with E-state index in [-0.39, 0.29) is 18.1 Å². The zero-order valence-corrected chi connectivity index (χ0v) is 14.1. The summed E-state index contributed by atoms with van der Waals surface area (Å²) in [4.78, 5) is 23.3. The van der Waals surface area contributed by atoms with Crippen molar-refractivity contribution in [2.75, 3.05) is 13.2 Å². The molecule has 0 amide bonds. The summed E-state index contributed by atoms with van der Waals surface area (Å²) in [5.74, 6) is -0.346. The largest absolute Gasteiger partial charge is 0.490 e. The van der Waals surface area contributed by atoms with Crippen LogP contribution in [-0.2, 0) is 14.3 Å². The number of rotatable bonds is 8. The molecule has 0 spiro atoms. The topological polar surface area (TPSA) is 85.6 Å². The van der Waals surface area contributed by atoms with E-state index in [4.69, 9.17) is 19.5 Å². The van der Waals surface area contributed by atoms with Crippen LogP contribution in [0.1, 0.15) is 39.2 Å². The summed E-state index contributed by atoms with van der Waals surface area (Å²) >= 11 is 0. The smallest absolute Gasteiger partial charge is 0.348 e. The number of carbonyl (C=O) groups excluding carboxylic acids is 2. The molecule has 0 heterocycles. The van der Waals surface area contributed by atoms with Crippen molar-refractivity contribution in [1.82, 2.24) is 0 Å². The maximum atomic E-state index is 11.7. The van der Waals surface area contributed by atoms with Crippen molar-refractivity contribution in [3.8, 4) is 17.6 Å². The van der Waals surface area contributed by atoms with E-state index in [1.165, 1.54) is 6.08 Å². The Balaban J connectivity index is 3.10. The Morgan fingerprint density at radius 3 is 2.50 bits per heavy atom. The Hall–Kier alpha value is -2.81. The normalized spacial score (nSPS) is 10.7. The maximum absolute atomic E-state index is 11.7. The molecule has 0 fully saturated rings. The van der Waals surface area contributed by atoms with Crippen molar-refractivity contribution in [1.29, 1.82) is 5.26 Å². The molecule has 0 aromatic heterocycles. The van der Waals surface area contributed by atoms with Gasteiger partial charge < -0.3 is 14.2 Å². The number of hydrogen-bond acceptors (Lipinski definition) is 6. The third-order valence-electron chi connectivity index (χ3n) is 2.87. The Morgan fingerprint density at radius 1 is 1.17 bits per heavy atom. The second-order valence-corrected chi connectivity index (χ2v) is 4.75. The first kappa shape index (κ1) is 19.2. The molecule has 0 radical (unpaired) electrons. The van der Waals surface area contributed by atoms with E-state index in [9.17, 15) is 9.59 Å². The molecular weight excluding hydrogens is 310 g/mol. The molecule has 0 aliphatic heterocycles. The van der Waals surface area contributed by atoms with Crippen LogP contribution in [0.3, 0.4) is 0 Å². The first-order valence-corrected chi connectivity index (χ1v) is 7.82. The van der Waals surface area contributed by atoms with Crippen molar-refractivity contribution in [2.45, 2.75) is 33.6 Å². The van der Waals surface area contributed by atoms with Crippen LogP contribution in [0.15, 0.2) is 23.8 Å². The molecule has 1 aromatic carbocycles. The summed E-state index contributed by atoms with van der Waals surface area (Å²) in [5.41, 5.74) is 0.452. The Bertz CT molecular complexity index is 658. The zero-order valence-electron chi connectivity index (χ0n) is 14.1. The fraction of sp³-hybridized carbons (Fsp3) is 0.389. The summed E-state index contributed by atoms with van der Waals surface area (Å²) in [6.45, 7) is 5.93. The third-order valence-corrected chi connectivity index (χ3v) is 2.87. The maximum Gasteiger partial charge on any atom is 0.348 e. The first-order chi connectivity index (χ1) is 11.5. The summed E-state index contributed by atoms with van der Waals surface area (Å²) in [5, 5.41) is 9.07. The molecular formula is C18H21NO5. The van der Waals surface area contributed by atoms with Crippen LogP contribution < -0.4 is 9.47 Å². The number of hydrogen-bond donors (Lipinski definition) is 0. The van der Waals surface area contributed by atoms with Gasteiger partial charge >= 0.3 is 11.9 Å². The molecule has 0 saturated heterocycles. The van der Waals surface area contributed by atoms with Gasteiger partial charge in [-0.2, -0.15) is 5.26 Å². The van der Waals surface area contributed by atoms with Crippen LogP contribution in [0.25, 0.3) is 6.08 Å². The third kappa shape index (κ3) is 5.76. The summed E-state index contributed by atoms with van der Waals surface area (Å²) in [7, 11) is 0. The van der Waals surface area contributed by atoms with Gasteiger partial charge in [-0.25, -0.2) is 4.79 Å². The SMILES string of the molecule is CCCC(=O)Oc1ccc(C=C(C#N)C(=O)OCC)cc1OCC. The van der Waals surface area contributed by atoms with Gasteiger partial charge in [0.25, 0.3) is 0 Å². The summed E-state index contributed by atoms with van der Waals surface area (Å²) in [6.07, 6.45) is 2.40. The van der Waals surface area contributed by atoms with Gasteiger partial charge in [-0.15, -0.1) is 0 Å². The summed E-state index contributed by atoms with van der Waals surface area (Å²) < 4.78 is 15.6. The standard InChI is InChI=1S/C18H21NO5/c1-4-7-17(20)24-15-9-8-13(11-16(15)22-5-2)10-14(12-19)18(21)23-6-3/h8-11H,4-7H2,1-3H3. The number of benzene rings is 1. The monoisotopic (exact) mass is 331 g/mol. The molecule has 0 saturated carbocycles. The lowest BCUT2D eigenvalue weighted by Crippen LogP contribution is -2.08. The van der Waals surface area contributed by atoms with Crippen LogP contribution in [0.4, 0.5) is 0 Å². The lowest BCUT2D eigenvalue weighted by Gasteiger charge is -2.11. The molecule has 0 N–H and O–H groups in total. The van der Waals surface area contributed by atoms with Crippen molar-refractivity contribution >= 4 is 18.0 Å². The number of ether oxygens (including phenoxy) is 3. The van der Waals surface area contributed by atoms with Crippen LogP contribution in [0.2, 0.25) is 0 Å². The molecule has 0 aliphatic rings. The molecule has 6 heteroatoms. The predicted molar refractivity (Wildman–Crippen MR) is 88.4 cm³/mol. The number of esters is 2. The van der Waals surface area contributed by atoms with E-state index in [0.29, 0.717) is 36.5 Å². The van der Waals surface area contributed by atoms with Gasteiger partial charge in [0, 0.05) is 6.42 Å². The number of nitrogens with zero attached hydrogens (tertiary/aromatic N) is 1. The number of carbonyl (C=O) groups is 2. The second-order valence-electron chi connectivity index (χ2n) is 4.75. The summed E-state index contributed by atoms with van der Waals surface area (Å²) in [6, 6.07) is 6.62. The van der Waals surface area contributed by atoms with Gasteiger partial charge in [0.15, 0.2) is 11.5 Å². The van der Waals surface area contributed by atoms with Gasteiger partial charge in [-0.1, -0.05) is 13.0 Å². The van der Waals surface area contributed by atoms with E-state index >= 15 is 0 Å². The van der Waals surface area contributed by atoms with Crippen LogP contribution >= 0.6 is 0 Å². The highest BCUT2D eigenvalue weighted by atomic mass is 16.6. The fourth-order valence-electron chi connectivity index (χ4n) is 1.86. The highest BCUT2D eigenvalue weighted by molar-refractivity contribution is 5.98. The molecule has 1 rings (SSSR count). The van der Waals surface area contributed by atoms with Gasteiger partial charge in [0.1, 0.15) is 11.6 Å². The Morgan fingerprint density at radius 2 is 1.92 bits per heavy atom. The quantitative estimate of drug-likeness (QED) is 0.314. The zero-order chi connectivity index (χ0) is 17.9. The van der Waals surface area contributed by atoms with E-state index in [1.54, 1.807) is 32.0 Å². The van der Waals surface area contributed by atoms with Gasteiger partial charge in [-0.05, 0) is 44.0 Å². The Kier molecular flexibility index (Phi) is 8.06. The molecule has 0 unspecified atom stereocenters. The highest BCUT2D eigenvalue weighted by Gasteiger charge is 2.13. The second kappa shape index (κ2) is 10.1. The molecule has 0 atom stereocenters. The average Bonchev–Trinajstić information content (AvgIpc) is 2.55. The predicted octanol–water partition coefficient (Wildman–Crippen LogP) is 3.26. The minimum atomic E-state index is -0.684. The van der Waals surface area contributed by atoms with Gasteiger partial charge in [-0.3, -0.25) is 4.79 Å². The van der Waals surface area contributed by atoms with Gasteiger partial charge in [0.05, 0.1) is 13.2 Å². The van der Waals surface area contributed by atoms with E-state index in [1.807, 2.05) is 13.0 Å². The highest BCUT2D eigenvalue weighted by Crippen LogP contribution is 2.30. The minimum absolute atomic E-state index is 0.116. The average molecular weight is 331 g/mol. The molecule has 1 aromatic rings. The first-order valence-electron chi connectivity index (χ1n) is 7.82. The lowest BCUT2D eigenvalue weighted by atomic mass is 10.1. The number of nitriles is 1.